The van der Waals surface area contributed by atoms with Crippen LogP contribution in [-0.4, -0.2) is 4.57 Å². The second-order valence-electron chi connectivity index (χ2n) is 8.07. The van der Waals surface area contributed by atoms with Crippen molar-refractivity contribution in [1.29, 1.82) is 0 Å². The SMILES string of the molecule is Fc1ccccc1-c1cc(Nc2ccccc2)ccc1-n1c2ccccc2c2ccccc21. The van der Waals surface area contributed by atoms with E-state index in [1.54, 1.807) is 6.07 Å². The van der Waals surface area contributed by atoms with Crippen LogP contribution in [0.1, 0.15) is 0 Å². The predicted octanol–water partition coefficient (Wildman–Crippen LogP) is 8.33. The van der Waals surface area contributed by atoms with E-state index >= 15 is 4.39 Å². The van der Waals surface area contributed by atoms with Crippen molar-refractivity contribution < 1.29 is 4.39 Å². The number of hydrogen-bond donors (Lipinski definition) is 1. The highest BCUT2D eigenvalue weighted by Gasteiger charge is 2.17. The molecule has 33 heavy (non-hydrogen) atoms. The molecule has 0 saturated heterocycles. The largest absolute Gasteiger partial charge is 0.356 e. The van der Waals surface area contributed by atoms with Crippen LogP contribution in [-0.2, 0) is 0 Å². The van der Waals surface area contributed by atoms with Crippen molar-refractivity contribution in [1.82, 2.24) is 4.57 Å². The number of aromatic nitrogens is 1. The summed E-state index contributed by atoms with van der Waals surface area (Å²) in [5.41, 5.74) is 6.44. The van der Waals surface area contributed by atoms with Crippen LogP contribution in [0, 0.1) is 5.82 Å². The number of fused-ring (bicyclic) bond motifs is 3. The average molecular weight is 429 g/mol. The molecule has 158 valence electrons. The van der Waals surface area contributed by atoms with Gasteiger partial charge in [-0.15, -0.1) is 0 Å². The summed E-state index contributed by atoms with van der Waals surface area (Å²) < 4.78 is 17.3. The number of anilines is 2. The number of hydrogen-bond acceptors (Lipinski definition) is 1. The summed E-state index contributed by atoms with van der Waals surface area (Å²) in [6.07, 6.45) is 0. The molecule has 1 heterocycles. The van der Waals surface area contributed by atoms with Crippen molar-refractivity contribution in [3.8, 4) is 16.8 Å². The normalized spacial score (nSPS) is 11.2. The Hall–Kier alpha value is -4.37. The van der Waals surface area contributed by atoms with E-state index in [2.05, 4.69) is 58.4 Å². The van der Waals surface area contributed by atoms with Gasteiger partial charge in [-0.25, -0.2) is 4.39 Å². The molecule has 6 aromatic rings. The molecular formula is C30H21FN2. The first-order chi connectivity index (χ1) is 16.3. The number of rotatable bonds is 4. The molecule has 0 atom stereocenters. The molecule has 0 radical (unpaired) electrons. The maximum Gasteiger partial charge on any atom is 0.131 e. The summed E-state index contributed by atoms with van der Waals surface area (Å²) >= 11 is 0. The van der Waals surface area contributed by atoms with E-state index in [0.717, 1.165) is 33.7 Å². The second kappa shape index (κ2) is 7.95. The molecule has 0 bridgehead atoms. The van der Waals surface area contributed by atoms with E-state index in [4.69, 9.17) is 0 Å². The molecule has 5 aromatic carbocycles. The van der Waals surface area contributed by atoms with Crippen molar-refractivity contribution >= 4 is 33.2 Å². The van der Waals surface area contributed by atoms with E-state index in [0.29, 0.717) is 5.56 Å². The first-order valence-electron chi connectivity index (χ1n) is 11.0. The van der Waals surface area contributed by atoms with Crippen molar-refractivity contribution in [3.05, 3.63) is 127 Å². The van der Waals surface area contributed by atoms with Gasteiger partial charge in [0.1, 0.15) is 5.82 Å². The zero-order chi connectivity index (χ0) is 22.2. The van der Waals surface area contributed by atoms with Crippen LogP contribution in [0.25, 0.3) is 38.6 Å². The number of para-hydroxylation sites is 3. The van der Waals surface area contributed by atoms with Gasteiger partial charge in [-0.05, 0) is 48.5 Å². The number of halogens is 1. The van der Waals surface area contributed by atoms with Crippen LogP contribution in [0.5, 0.6) is 0 Å². The fourth-order valence-corrected chi connectivity index (χ4v) is 4.57. The summed E-state index contributed by atoms with van der Waals surface area (Å²) in [5, 5.41) is 5.81. The highest BCUT2D eigenvalue weighted by Crippen LogP contribution is 2.38. The molecule has 0 spiro atoms. The molecule has 0 aliphatic rings. The van der Waals surface area contributed by atoms with Gasteiger partial charge in [-0.2, -0.15) is 0 Å². The fraction of sp³-hybridized carbons (Fsp3) is 0. The standard InChI is InChI=1S/C30H21FN2/c31-27-15-7-4-12-23(27)26-20-22(32-21-10-2-1-3-11-21)18-19-30(26)33-28-16-8-5-13-24(28)25-14-6-9-17-29(25)33/h1-20,32H. The Balaban J connectivity index is 1.63. The molecule has 6 rings (SSSR count). The van der Waals surface area contributed by atoms with E-state index < -0.39 is 0 Å². The van der Waals surface area contributed by atoms with Crippen molar-refractivity contribution in [2.75, 3.05) is 5.32 Å². The third-order valence-electron chi connectivity index (χ3n) is 6.04. The molecule has 1 aromatic heterocycles. The summed E-state index contributed by atoms with van der Waals surface area (Å²) in [6, 6.07) is 39.9. The lowest BCUT2D eigenvalue weighted by molar-refractivity contribution is 0.631. The monoisotopic (exact) mass is 428 g/mol. The van der Waals surface area contributed by atoms with Gasteiger partial charge in [0.15, 0.2) is 0 Å². The second-order valence-corrected chi connectivity index (χ2v) is 8.07. The molecule has 0 aliphatic carbocycles. The minimum atomic E-state index is -0.239. The highest BCUT2D eigenvalue weighted by molar-refractivity contribution is 6.09. The Labute approximate surface area is 191 Å². The zero-order valence-corrected chi connectivity index (χ0v) is 17.9. The Bertz CT molecular complexity index is 1550. The van der Waals surface area contributed by atoms with Crippen molar-refractivity contribution in [2.24, 2.45) is 0 Å². The molecule has 0 saturated carbocycles. The minimum absolute atomic E-state index is 0.239. The summed E-state index contributed by atoms with van der Waals surface area (Å²) in [7, 11) is 0. The average Bonchev–Trinajstić information content (AvgIpc) is 3.19. The van der Waals surface area contributed by atoms with Gasteiger partial charge in [0.05, 0.1) is 16.7 Å². The van der Waals surface area contributed by atoms with Crippen LogP contribution in [0.3, 0.4) is 0 Å². The molecule has 3 heteroatoms. The Kier molecular flexibility index (Phi) is 4.66. The number of benzene rings is 5. The van der Waals surface area contributed by atoms with Gasteiger partial charge in [0.25, 0.3) is 0 Å². The van der Waals surface area contributed by atoms with Gasteiger partial charge in [-0.3, -0.25) is 0 Å². The lowest BCUT2D eigenvalue weighted by Gasteiger charge is -2.17. The molecule has 2 nitrogen and oxygen atoms in total. The smallest absolute Gasteiger partial charge is 0.131 e. The molecule has 0 unspecified atom stereocenters. The Morgan fingerprint density at radius 3 is 1.82 bits per heavy atom. The maximum atomic E-state index is 15.1. The molecule has 1 N–H and O–H groups in total. The molecule has 0 amide bonds. The molecule has 0 fully saturated rings. The summed E-state index contributed by atoms with van der Waals surface area (Å²) in [5.74, 6) is -0.239. The van der Waals surface area contributed by atoms with Gasteiger partial charge >= 0.3 is 0 Å². The van der Waals surface area contributed by atoms with E-state index in [1.165, 1.54) is 16.8 Å². The lowest BCUT2D eigenvalue weighted by atomic mass is 10.0. The molecular weight excluding hydrogens is 407 g/mol. The third-order valence-corrected chi connectivity index (χ3v) is 6.04. The van der Waals surface area contributed by atoms with E-state index in [-0.39, 0.29) is 5.82 Å². The number of nitrogens with zero attached hydrogens (tertiary/aromatic N) is 1. The van der Waals surface area contributed by atoms with Gasteiger partial charge in [0, 0.05) is 33.3 Å². The topological polar surface area (TPSA) is 17.0 Å². The Morgan fingerprint density at radius 1 is 0.515 bits per heavy atom. The fourth-order valence-electron chi connectivity index (χ4n) is 4.57. The highest BCUT2D eigenvalue weighted by atomic mass is 19.1. The van der Waals surface area contributed by atoms with E-state index in [1.807, 2.05) is 60.7 Å². The first kappa shape index (κ1) is 19.3. The lowest BCUT2D eigenvalue weighted by Crippen LogP contribution is -2.00. The van der Waals surface area contributed by atoms with Gasteiger partial charge < -0.3 is 9.88 Å². The van der Waals surface area contributed by atoms with Crippen LogP contribution in [0.2, 0.25) is 0 Å². The number of nitrogens with one attached hydrogen (secondary N) is 1. The van der Waals surface area contributed by atoms with Gasteiger partial charge in [0.2, 0.25) is 0 Å². The zero-order valence-electron chi connectivity index (χ0n) is 17.9. The van der Waals surface area contributed by atoms with Crippen molar-refractivity contribution in [2.45, 2.75) is 0 Å². The van der Waals surface area contributed by atoms with Crippen molar-refractivity contribution in [3.63, 3.8) is 0 Å². The third kappa shape index (κ3) is 3.35. The van der Waals surface area contributed by atoms with Crippen LogP contribution in [0.15, 0.2) is 121 Å². The van der Waals surface area contributed by atoms with E-state index in [9.17, 15) is 0 Å². The van der Waals surface area contributed by atoms with Crippen LogP contribution in [0.4, 0.5) is 15.8 Å². The molecule has 0 aliphatic heterocycles. The quantitative estimate of drug-likeness (QED) is 0.299. The van der Waals surface area contributed by atoms with Gasteiger partial charge in [-0.1, -0.05) is 72.8 Å². The predicted molar refractivity (Wildman–Crippen MR) is 136 cm³/mol. The minimum Gasteiger partial charge on any atom is -0.356 e. The Morgan fingerprint density at radius 2 is 1.12 bits per heavy atom. The summed E-state index contributed by atoms with van der Waals surface area (Å²) in [6.45, 7) is 0. The maximum absolute atomic E-state index is 15.1. The van der Waals surface area contributed by atoms with Crippen LogP contribution >= 0.6 is 0 Å². The van der Waals surface area contributed by atoms with Crippen LogP contribution < -0.4 is 5.32 Å². The first-order valence-corrected chi connectivity index (χ1v) is 11.0. The summed E-state index contributed by atoms with van der Waals surface area (Å²) in [4.78, 5) is 0.